The van der Waals surface area contributed by atoms with Crippen LogP contribution in [0.3, 0.4) is 0 Å². The maximum absolute atomic E-state index is 12.3. The largest absolute Gasteiger partial charge is 0.341 e. The molecular weight excluding hydrogens is 326 g/mol. The van der Waals surface area contributed by atoms with Gasteiger partial charge in [-0.15, -0.1) is 0 Å². The van der Waals surface area contributed by atoms with Gasteiger partial charge >= 0.3 is 6.03 Å². The van der Waals surface area contributed by atoms with Crippen molar-refractivity contribution in [1.29, 1.82) is 0 Å². The topological polar surface area (TPSA) is 61.4 Å². The number of nitrogens with zero attached hydrogens (tertiary/aromatic N) is 1. The molecule has 1 saturated carbocycles. The van der Waals surface area contributed by atoms with Gasteiger partial charge in [-0.2, -0.15) is 0 Å². The molecule has 0 radical (unpaired) electrons. The standard InChI is InChI=1S/C21H31N3O2/c25-20(16-22-21(26)23-19-9-5-2-6-10-19)24-13-11-18(12-14-24)15-17-7-3-1-4-8-17/h1,3-4,7-8,18-19H,2,5-6,9-16H2,(H2,22,23,26). The first-order valence-electron chi connectivity index (χ1n) is 10.1. The summed E-state index contributed by atoms with van der Waals surface area (Å²) < 4.78 is 0. The highest BCUT2D eigenvalue weighted by Crippen LogP contribution is 2.21. The van der Waals surface area contributed by atoms with E-state index in [1.165, 1.54) is 24.8 Å². The lowest BCUT2D eigenvalue weighted by Crippen LogP contribution is -2.48. The number of benzene rings is 1. The molecule has 1 aliphatic heterocycles. The van der Waals surface area contributed by atoms with Crippen LogP contribution in [-0.4, -0.2) is 42.5 Å². The Morgan fingerprint density at radius 2 is 1.65 bits per heavy atom. The monoisotopic (exact) mass is 357 g/mol. The average Bonchev–Trinajstić information content (AvgIpc) is 2.68. The number of carbonyl (C=O) groups is 2. The Kier molecular flexibility index (Phi) is 6.92. The molecule has 1 aliphatic carbocycles. The van der Waals surface area contributed by atoms with E-state index in [1.54, 1.807) is 0 Å². The number of carbonyl (C=O) groups excluding carboxylic acids is 2. The van der Waals surface area contributed by atoms with Gasteiger partial charge in [-0.05, 0) is 43.6 Å². The van der Waals surface area contributed by atoms with E-state index in [4.69, 9.17) is 0 Å². The first kappa shape index (κ1) is 18.7. The summed E-state index contributed by atoms with van der Waals surface area (Å²) in [4.78, 5) is 26.2. The second kappa shape index (κ2) is 9.60. The smallest absolute Gasteiger partial charge is 0.315 e. The second-order valence-electron chi connectivity index (χ2n) is 7.68. The Balaban J connectivity index is 1.33. The van der Waals surface area contributed by atoms with Crippen molar-refractivity contribution in [3.63, 3.8) is 0 Å². The molecule has 0 bridgehead atoms. The van der Waals surface area contributed by atoms with Gasteiger partial charge in [0.05, 0.1) is 6.54 Å². The lowest BCUT2D eigenvalue weighted by molar-refractivity contribution is -0.131. The van der Waals surface area contributed by atoms with E-state index in [9.17, 15) is 9.59 Å². The van der Waals surface area contributed by atoms with Gasteiger partial charge in [0.25, 0.3) is 0 Å². The summed E-state index contributed by atoms with van der Waals surface area (Å²) in [5.41, 5.74) is 1.37. The van der Waals surface area contributed by atoms with Crippen LogP contribution >= 0.6 is 0 Å². The van der Waals surface area contributed by atoms with Gasteiger partial charge in [-0.3, -0.25) is 4.79 Å². The van der Waals surface area contributed by atoms with Crippen LogP contribution in [0.2, 0.25) is 0 Å². The first-order chi connectivity index (χ1) is 12.7. The first-order valence-corrected chi connectivity index (χ1v) is 10.1. The zero-order valence-corrected chi connectivity index (χ0v) is 15.6. The molecule has 0 atom stereocenters. The number of rotatable bonds is 5. The van der Waals surface area contributed by atoms with Crippen molar-refractivity contribution < 1.29 is 9.59 Å². The molecule has 142 valence electrons. The average molecular weight is 357 g/mol. The Hall–Kier alpha value is -2.04. The molecule has 1 aromatic carbocycles. The second-order valence-corrected chi connectivity index (χ2v) is 7.68. The summed E-state index contributed by atoms with van der Waals surface area (Å²) >= 11 is 0. The summed E-state index contributed by atoms with van der Waals surface area (Å²) in [6.07, 6.45) is 8.89. The fraction of sp³-hybridized carbons (Fsp3) is 0.619. The van der Waals surface area contributed by atoms with Crippen LogP contribution in [0.4, 0.5) is 4.79 Å². The lowest BCUT2D eigenvalue weighted by Gasteiger charge is -2.32. The highest BCUT2D eigenvalue weighted by molar-refractivity contribution is 5.84. The minimum absolute atomic E-state index is 0.0296. The number of nitrogens with one attached hydrogen (secondary N) is 2. The predicted molar refractivity (Wildman–Crippen MR) is 103 cm³/mol. The van der Waals surface area contributed by atoms with Crippen LogP contribution in [0.15, 0.2) is 30.3 Å². The molecule has 1 heterocycles. The Morgan fingerprint density at radius 3 is 2.35 bits per heavy atom. The van der Waals surface area contributed by atoms with Crippen molar-refractivity contribution in [2.75, 3.05) is 19.6 Å². The summed E-state index contributed by atoms with van der Waals surface area (Å²) in [7, 11) is 0. The third-order valence-corrected chi connectivity index (χ3v) is 5.67. The molecule has 0 unspecified atom stereocenters. The predicted octanol–water partition coefficient (Wildman–Crippen LogP) is 3.10. The molecule has 26 heavy (non-hydrogen) atoms. The number of likely N-dealkylation sites (tertiary alicyclic amines) is 1. The molecule has 3 rings (SSSR count). The van der Waals surface area contributed by atoms with Crippen molar-refractivity contribution in [3.8, 4) is 0 Å². The summed E-state index contributed by atoms with van der Waals surface area (Å²) in [6, 6.07) is 10.6. The molecule has 2 N–H and O–H groups in total. The van der Waals surface area contributed by atoms with Crippen LogP contribution < -0.4 is 10.6 Å². The van der Waals surface area contributed by atoms with E-state index in [0.717, 1.165) is 45.2 Å². The summed E-state index contributed by atoms with van der Waals surface area (Å²) in [5.74, 6) is 0.672. The maximum atomic E-state index is 12.3. The molecule has 2 aliphatic rings. The zero-order valence-electron chi connectivity index (χ0n) is 15.6. The SMILES string of the molecule is O=C(NCC(=O)N1CCC(Cc2ccccc2)CC1)NC1CCCCC1. The van der Waals surface area contributed by atoms with Crippen LogP contribution in [-0.2, 0) is 11.2 Å². The molecule has 1 aromatic rings. The Labute approximate surface area is 156 Å². The molecule has 2 fully saturated rings. The van der Waals surface area contributed by atoms with Gasteiger partial charge < -0.3 is 15.5 Å². The van der Waals surface area contributed by atoms with Gasteiger partial charge in [0.2, 0.25) is 5.91 Å². The molecule has 1 saturated heterocycles. The number of hydrogen-bond acceptors (Lipinski definition) is 2. The van der Waals surface area contributed by atoms with Crippen molar-refractivity contribution in [2.45, 2.75) is 57.4 Å². The van der Waals surface area contributed by atoms with Crippen LogP contribution in [0.25, 0.3) is 0 Å². The van der Waals surface area contributed by atoms with Crippen LogP contribution in [0, 0.1) is 5.92 Å². The third kappa shape index (κ3) is 5.75. The minimum atomic E-state index is -0.204. The van der Waals surface area contributed by atoms with Gasteiger partial charge in [-0.1, -0.05) is 49.6 Å². The summed E-state index contributed by atoms with van der Waals surface area (Å²) in [5, 5.41) is 5.73. The van der Waals surface area contributed by atoms with Crippen molar-refractivity contribution in [1.82, 2.24) is 15.5 Å². The quantitative estimate of drug-likeness (QED) is 0.851. The van der Waals surface area contributed by atoms with E-state index >= 15 is 0 Å². The van der Waals surface area contributed by atoms with E-state index in [-0.39, 0.29) is 24.5 Å². The van der Waals surface area contributed by atoms with Gasteiger partial charge in [0.15, 0.2) is 0 Å². The van der Waals surface area contributed by atoms with Crippen molar-refractivity contribution in [2.24, 2.45) is 5.92 Å². The lowest BCUT2D eigenvalue weighted by atomic mass is 9.90. The normalized spacial score (nSPS) is 19.2. The molecule has 5 heteroatoms. The van der Waals surface area contributed by atoms with E-state index in [2.05, 4.69) is 34.9 Å². The number of hydrogen-bond donors (Lipinski definition) is 2. The van der Waals surface area contributed by atoms with Crippen molar-refractivity contribution >= 4 is 11.9 Å². The zero-order chi connectivity index (χ0) is 18.2. The fourth-order valence-electron chi connectivity index (χ4n) is 4.08. The van der Waals surface area contributed by atoms with Crippen LogP contribution in [0.1, 0.15) is 50.5 Å². The van der Waals surface area contributed by atoms with Gasteiger partial charge in [0.1, 0.15) is 0 Å². The highest BCUT2D eigenvalue weighted by Gasteiger charge is 2.23. The molecule has 5 nitrogen and oxygen atoms in total. The molecule has 0 aromatic heterocycles. The van der Waals surface area contributed by atoms with Crippen LogP contribution in [0.5, 0.6) is 0 Å². The molecular formula is C21H31N3O2. The summed E-state index contributed by atoms with van der Waals surface area (Å²) in [6.45, 7) is 1.69. The van der Waals surface area contributed by atoms with Gasteiger partial charge in [0, 0.05) is 19.1 Å². The Morgan fingerprint density at radius 1 is 0.962 bits per heavy atom. The van der Waals surface area contributed by atoms with E-state index < -0.39 is 0 Å². The number of piperidine rings is 1. The molecule has 3 amide bonds. The van der Waals surface area contributed by atoms with Crippen molar-refractivity contribution in [3.05, 3.63) is 35.9 Å². The molecule has 0 spiro atoms. The maximum Gasteiger partial charge on any atom is 0.315 e. The fourth-order valence-corrected chi connectivity index (χ4v) is 4.08. The van der Waals surface area contributed by atoms with Gasteiger partial charge in [-0.25, -0.2) is 4.79 Å². The van der Waals surface area contributed by atoms with E-state index in [1.807, 2.05) is 11.0 Å². The third-order valence-electron chi connectivity index (χ3n) is 5.67. The van der Waals surface area contributed by atoms with E-state index in [0.29, 0.717) is 5.92 Å². The Bertz CT molecular complexity index is 576. The highest BCUT2D eigenvalue weighted by atomic mass is 16.2. The number of urea groups is 1. The minimum Gasteiger partial charge on any atom is -0.341 e. The number of amides is 3.